The summed E-state index contributed by atoms with van der Waals surface area (Å²) in [6.07, 6.45) is -6.24. The van der Waals surface area contributed by atoms with Gasteiger partial charge in [-0.05, 0) is 0 Å². The van der Waals surface area contributed by atoms with Crippen molar-refractivity contribution in [3.63, 3.8) is 0 Å². The van der Waals surface area contributed by atoms with Crippen molar-refractivity contribution in [3.05, 3.63) is 0 Å². The highest BCUT2D eigenvalue weighted by Gasteiger charge is 2.51. The molecule has 8 nitrogen and oxygen atoms in total. The first-order valence-corrected chi connectivity index (χ1v) is 5.51. The van der Waals surface area contributed by atoms with E-state index >= 15 is 0 Å². The van der Waals surface area contributed by atoms with Gasteiger partial charge in [-0.15, -0.1) is 0 Å². The standard InChI is InChI=1S/C10H18O8/c1-4-5(12)2-10(17,9(15)16)18-8(4)7(14)6(13)3-11/h4-8,11-14,17H,2-3H2,1H3,(H,15,16)/t4-,5-,6-,7-,8?,10-/m1/s1. The number of hydrogen-bond donors (Lipinski definition) is 6. The summed E-state index contributed by atoms with van der Waals surface area (Å²) < 4.78 is 4.88. The van der Waals surface area contributed by atoms with Crippen molar-refractivity contribution in [1.82, 2.24) is 0 Å². The molecule has 0 aliphatic carbocycles. The van der Waals surface area contributed by atoms with Gasteiger partial charge in [0.05, 0.1) is 18.8 Å². The first-order valence-electron chi connectivity index (χ1n) is 5.51. The molecule has 0 aromatic carbocycles. The van der Waals surface area contributed by atoms with Crippen LogP contribution in [0.15, 0.2) is 0 Å². The maximum atomic E-state index is 10.9. The van der Waals surface area contributed by atoms with Gasteiger partial charge >= 0.3 is 5.97 Å². The Morgan fingerprint density at radius 3 is 2.50 bits per heavy atom. The third-order valence-electron chi connectivity index (χ3n) is 3.19. The molecule has 1 fully saturated rings. The highest BCUT2D eigenvalue weighted by Crippen LogP contribution is 2.33. The number of carboxylic acid groups (broad SMARTS) is 1. The molecule has 1 aliphatic heterocycles. The summed E-state index contributed by atoms with van der Waals surface area (Å²) in [7, 11) is 0. The Morgan fingerprint density at radius 2 is 2.06 bits per heavy atom. The molecular weight excluding hydrogens is 248 g/mol. The number of carbonyl (C=O) groups is 1. The number of aliphatic carboxylic acids is 1. The highest BCUT2D eigenvalue weighted by atomic mass is 16.7. The summed E-state index contributed by atoms with van der Waals surface area (Å²) in [4.78, 5) is 10.9. The molecule has 0 amide bonds. The Labute approximate surface area is 103 Å². The third kappa shape index (κ3) is 2.79. The predicted octanol–water partition coefficient (Wildman–Crippen LogP) is -2.74. The van der Waals surface area contributed by atoms with Crippen LogP contribution in [0.25, 0.3) is 0 Å². The van der Waals surface area contributed by atoms with E-state index < -0.39 is 55.1 Å². The largest absolute Gasteiger partial charge is 0.477 e. The Balaban J connectivity index is 2.92. The molecular formula is C10H18O8. The van der Waals surface area contributed by atoms with E-state index in [-0.39, 0.29) is 0 Å². The second kappa shape index (κ2) is 5.47. The second-order valence-corrected chi connectivity index (χ2v) is 4.54. The quantitative estimate of drug-likeness (QED) is 0.321. The van der Waals surface area contributed by atoms with E-state index in [9.17, 15) is 25.2 Å². The van der Waals surface area contributed by atoms with Crippen LogP contribution in [0.4, 0.5) is 0 Å². The zero-order chi connectivity index (χ0) is 14.1. The molecule has 1 unspecified atom stereocenters. The Kier molecular flexibility index (Phi) is 4.65. The molecule has 8 heteroatoms. The summed E-state index contributed by atoms with van der Waals surface area (Å²) in [6, 6.07) is 0. The van der Waals surface area contributed by atoms with Crippen molar-refractivity contribution in [3.8, 4) is 0 Å². The van der Waals surface area contributed by atoms with Crippen LogP contribution in [-0.2, 0) is 9.53 Å². The fourth-order valence-corrected chi connectivity index (χ4v) is 1.91. The minimum Gasteiger partial charge on any atom is -0.477 e. The zero-order valence-corrected chi connectivity index (χ0v) is 9.80. The number of carboxylic acids is 1. The highest BCUT2D eigenvalue weighted by molar-refractivity contribution is 5.75. The Bertz CT molecular complexity index is 308. The van der Waals surface area contributed by atoms with Crippen LogP contribution >= 0.6 is 0 Å². The van der Waals surface area contributed by atoms with Crippen molar-refractivity contribution in [2.75, 3.05) is 6.61 Å². The summed E-state index contributed by atoms with van der Waals surface area (Å²) in [5, 5.41) is 55.9. The predicted molar refractivity (Wildman–Crippen MR) is 56.3 cm³/mol. The summed E-state index contributed by atoms with van der Waals surface area (Å²) in [6.45, 7) is 0.722. The molecule has 6 N–H and O–H groups in total. The molecule has 1 heterocycles. The van der Waals surface area contributed by atoms with Crippen LogP contribution in [0.2, 0.25) is 0 Å². The topological polar surface area (TPSA) is 148 Å². The second-order valence-electron chi connectivity index (χ2n) is 4.54. The van der Waals surface area contributed by atoms with Gasteiger partial charge in [0.15, 0.2) is 0 Å². The number of aliphatic hydroxyl groups is 5. The van der Waals surface area contributed by atoms with E-state index in [1.807, 2.05) is 0 Å². The van der Waals surface area contributed by atoms with Crippen molar-refractivity contribution in [1.29, 1.82) is 0 Å². The third-order valence-corrected chi connectivity index (χ3v) is 3.19. The minimum atomic E-state index is -2.62. The van der Waals surface area contributed by atoms with Crippen molar-refractivity contribution in [2.24, 2.45) is 5.92 Å². The smallest absolute Gasteiger partial charge is 0.364 e. The lowest BCUT2D eigenvalue weighted by atomic mass is 9.85. The number of aliphatic hydroxyl groups excluding tert-OH is 4. The monoisotopic (exact) mass is 266 g/mol. The lowest BCUT2D eigenvalue weighted by Gasteiger charge is -2.43. The van der Waals surface area contributed by atoms with Crippen molar-refractivity contribution in [2.45, 2.75) is 43.5 Å². The van der Waals surface area contributed by atoms with Crippen LogP contribution in [0, 0.1) is 5.92 Å². The average molecular weight is 266 g/mol. The van der Waals surface area contributed by atoms with Gasteiger partial charge in [-0.3, -0.25) is 0 Å². The molecule has 0 radical (unpaired) electrons. The molecule has 1 rings (SSSR count). The molecule has 0 saturated carbocycles. The van der Waals surface area contributed by atoms with E-state index in [0.717, 1.165) is 0 Å². The van der Waals surface area contributed by atoms with Crippen LogP contribution < -0.4 is 0 Å². The van der Waals surface area contributed by atoms with Gasteiger partial charge in [0.1, 0.15) is 12.2 Å². The Morgan fingerprint density at radius 1 is 1.50 bits per heavy atom. The summed E-state index contributed by atoms with van der Waals surface area (Å²) in [5.74, 6) is -5.02. The van der Waals surface area contributed by atoms with E-state index in [4.69, 9.17) is 14.9 Å². The van der Waals surface area contributed by atoms with Gasteiger partial charge in [0.2, 0.25) is 0 Å². The van der Waals surface area contributed by atoms with Crippen molar-refractivity contribution < 1.29 is 40.2 Å². The van der Waals surface area contributed by atoms with E-state index in [0.29, 0.717) is 0 Å². The lowest BCUT2D eigenvalue weighted by Crippen LogP contribution is -2.60. The maximum absolute atomic E-state index is 10.9. The molecule has 0 spiro atoms. The van der Waals surface area contributed by atoms with Crippen LogP contribution in [-0.4, -0.2) is 73.4 Å². The number of hydrogen-bond acceptors (Lipinski definition) is 7. The van der Waals surface area contributed by atoms with E-state index in [1.54, 1.807) is 0 Å². The minimum absolute atomic E-state index is 0.540. The van der Waals surface area contributed by atoms with Gasteiger partial charge in [-0.1, -0.05) is 6.92 Å². The van der Waals surface area contributed by atoms with Gasteiger partial charge in [-0.2, -0.15) is 0 Å². The normalized spacial score (nSPS) is 40.2. The van der Waals surface area contributed by atoms with E-state index in [2.05, 4.69) is 0 Å². The van der Waals surface area contributed by atoms with E-state index in [1.165, 1.54) is 6.92 Å². The average Bonchev–Trinajstić information content (AvgIpc) is 2.31. The molecule has 18 heavy (non-hydrogen) atoms. The first kappa shape index (κ1) is 15.3. The molecule has 106 valence electrons. The number of ether oxygens (including phenoxy) is 1. The molecule has 6 atom stereocenters. The molecule has 1 aliphatic rings. The van der Waals surface area contributed by atoms with Crippen LogP contribution in [0.1, 0.15) is 13.3 Å². The van der Waals surface area contributed by atoms with Gasteiger partial charge in [0, 0.05) is 12.3 Å². The first-order chi connectivity index (χ1) is 8.23. The van der Waals surface area contributed by atoms with Crippen molar-refractivity contribution >= 4 is 5.97 Å². The molecule has 0 aromatic rings. The summed E-state index contributed by atoms with van der Waals surface area (Å²) in [5.41, 5.74) is 0. The summed E-state index contributed by atoms with van der Waals surface area (Å²) >= 11 is 0. The molecule has 0 bridgehead atoms. The Hall–Kier alpha value is -0.770. The van der Waals surface area contributed by atoms with Gasteiger partial charge in [0.25, 0.3) is 5.79 Å². The number of rotatable bonds is 4. The zero-order valence-electron chi connectivity index (χ0n) is 9.80. The lowest BCUT2D eigenvalue weighted by molar-refractivity contribution is -0.302. The maximum Gasteiger partial charge on any atom is 0.364 e. The molecule has 0 aromatic heterocycles. The fourth-order valence-electron chi connectivity index (χ4n) is 1.91. The van der Waals surface area contributed by atoms with Gasteiger partial charge in [-0.25, -0.2) is 4.79 Å². The van der Waals surface area contributed by atoms with Crippen LogP contribution in [0.3, 0.4) is 0 Å². The van der Waals surface area contributed by atoms with Crippen LogP contribution in [0.5, 0.6) is 0 Å². The van der Waals surface area contributed by atoms with Gasteiger partial charge < -0.3 is 35.4 Å². The SMILES string of the molecule is C[C@H]1C([C@H](O)[C@H](O)CO)O[C@@](O)(C(=O)O)C[C@H]1O. The fraction of sp³-hybridized carbons (Fsp3) is 0.900. The molecule has 1 saturated heterocycles.